The smallest absolute Gasteiger partial charge is 0.248 e. The molecule has 150 valence electrons. The first-order valence-electron chi connectivity index (χ1n) is 9.48. The van der Waals surface area contributed by atoms with Gasteiger partial charge in [-0.05, 0) is 35.2 Å². The van der Waals surface area contributed by atoms with E-state index in [9.17, 15) is 13.2 Å². The van der Waals surface area contributed by atoms with Gasteiger partial charge in [0.1, 0.15) is 0 Å². The zero-order valence-corrected chi connectivity index (χ0v) is 17.2. The Labute approximate surface area is 167 Å². The van der Waals surface area contributed by atoms with E-state index in [1.807, 2.05) is 0 Å². The quantitative estimate of drug-likeness (QED) is 0.806. The number of carbonyl (C=O) groups is 1. The fraction of sp³-hybridized carbons (Fsp3) is 0.381. The molecule has 3 rings (SSSR count). The highest BCUT2D eigenvalue weighted by Crippen LogP contribution is 2.20. The molecule has 28 heavy (non-hydrogen) atoms. The Morgan fingerprint density at radius 1 is 1.04 bits per heavy atom. The second kappa shape index (κ2) is 8.43. The van der Waals surface area contributed by atoms with Crippen LogP contribution < -0.4 is 5.73 Å². The first kappa shape index (κ1) is 20.5. The second-order valence-electron chi connectivity index (χ2n) is 7.47. The van der Waals surface area contributed by atoms with Crippen LogP contribution in [0.1, 0.15) is 41.3 Å². The van der Waals surface area contributed by atoms with Crippen molar-refractivity contribution in [3.05, 3.63) is 65.2 Å². The number of hydrogen-bond acceptors (Lipinski definition) is 4. The predicted molar refractivity (Wildman–Crippen MR) is 110 cm³/mol. The van der Waals surface area contributed by atoms with E-state index in [1.54, 1.807) is 6.07 Å². The van der Waals surface area contributed by atoms with Crippen LogP contribution in [0, 0.1) is 0 Å². The van der Waals surface area contributed by atoms with Gasteiger partial charge in [0.15, 0.2) is 0 Å². The standard InChI is InChI=1S/C21H27N3O3S/c1-16(2)18-8-6-17(7-9-18)15-23-10-12-24(13-11-23)28(26,27)20-5-3-4-19(14-20)21(22)25/h3-9,14,16H,10-13,15H2,1-2H3,(H2,22,25). The monoisotopic (exact) mass is 401 g/mol. The van der Waals surface area contributed by atoms with Gasteiger partial charge >= 0.3 is 0 Å². The molecule has 0 spiro atoms. The van der Waals surface area contributed by atoms with Gasteiger partial charge in [-0.1, -0.05) is 44.2 Å². The summed E-state index contributed by atoms with van der Waals surface area (Å²) in [4.78, 5) is 13.7. The highest BCUT2D eigenvalue weighted by Gasteiger charge is 2.28. The van der Waals surface area contributed by atoms with Crippen molar-refractivity contribution in [3.63, 3.8) is 0 Å². The van der Waals surface area contributed by atoms with Gasteiger partial charge in [0.25, 0.3) is 0 Å². The van der Waals surface area contributed by atoms with Crippen molar-refractivity contribution >= 4 is 15.9 Å². The van der Waals surface area contributed by atoms with Crippen molar-refractivity contribution in [2.75, 3.05) is 26.2 Å². The van der Waals surface area contributed by atoms with Gasteiger partial charge in [-0.3, -0.25) is 9.69 Å². The number of nitrogens with zero attached hydrogens (tertiary/aromatic N) is 2. The molecule has 0 aliphatic carbocycles. The summed E-state index contributed by atoms with van der Waals surface area (Å²) in [5.74, 6) is -0.124. The van der Waals surface area contributed by atoms with Crippen molar-refractivity contribution in [2.24, 2.45) is 5.73 Å². The molecule has 6 nitrogen and oxygen atoms in total. The molecule has 0 bridgehead atoms. The average molecular weight is 402 g/mol. The molecule has 7 heteroatoms. The van der Waals surface area contributed by atoms with Crippen LogP contribution in [0.3, 0.4) is 0 Å². The maximum Gasteiger partial charge on any atom is 0.248 e. The zero-order valence-electron chi connectivity index (χ0n) is 16.3. The number of amides is 1. The molecule has 0 saturated carbocycles. The average Bonchev–Trinajstić information content (AvgIpc) is 2.69. The first-order valence-corrected chi connectivity index (χ1v) is 10.9. The number of hydrogen-bond donors (Lipinski definition) is 1. The molecular weight excluding hydrogens is 374 g/mol. The minimum absolute atomic E-state index is 0.113. The van der Waals surface area contributed by atoms with Gasteiger partial charge < -0.3 is 5.73 Å². The largest absolute Gasteiger partial charge is 0.366 e. The molecule has 0 unspecified atom stereocenters. The molecule has 1 fully saturated rings. The number of sulfonamides is 1. The van der Waals surface area contributed by atoms with E-state index in [2.05, 4.69) is 43.0 Å². The molecule has 1 saturated heterocycles. The van der Waals surface area contributed by atoms with Crippen LogP contribution in [-0.4, -0.2) is 49.7 Å². The van der Waals surface area contributed by atoms with Gasteiger partial charge in [0, 0.05) is 38.3 Å². The van der Waals surface area contributed by atoms with E-state index in [1.165, 1.54) is 33.6 Å². The van der Waals surface area contributed by atoms with Gasteiger partial charge in [0.05, 0.1) is 4.90 Å². The normalized spacial score (nSPS) is 16.4. The van der Waals surface area contributed by atoms with Crippen LogP contribution in [0.2, 0.25) is 0 Å². The summed E-state index contributed by atoms with van der Waals surface area (Å²) in [5, 5.41) is 0. The van der Waals surface area contributed by atoms with Gasteiger partial charge in [0.2, 0.25) is 15.9 Å². The molecule has 1 aliphatic rings. The number of carbonyl (C=O) groups excluding carboxylic acids is 1. The van der Waals surface area contributed by atoms with Crippen LogP contribution in [0.25, 0.3) is 0 Å². The SMILES string of the molecule is CC(C)c1ccc(CN2CCN(S(=O)(=O)c3cccc(C(N)=O)c3)CC2)cc1. The Morgan fingerprint density at radius 2 is 1.68 bits per heavy atom. The van der Waals surface area contributed by atoms with E-state index in [0.29, 0.717) is 32.1 Å². The number of rotatable bonds is 6. The molecule has 1 amide bonds. The molecule has 2 aromatic rings. The van der Waals surface area contributed by atoms with E-state index in [4.69, 9.17) is 5.73 Å². The fourth-order valence-electron chi connectivity index (χ4n) is 3.35. The van der Waals surface area contributed by atoms with E-state index >= 15 is 0 Å². The van der Waals surface area contributed by atoms with Crippen LogP contribution in [0.15, 0.2) is 53.4 Å². The van der Waals surface area contributed by atoms with Crippen molar-refractivity contribution < 1.29 is 13.2 Å². The Bertz CT molecular complexity index is 932. The molecule has 2 aromatic carbocycles. The van der Waals surface area contributed by atoms with Crippen LogP contribution >= 0.6 is 0 Å². The van der Waals surface area contributed by atoms with Crippen LogP contribution in [0.4, 0.5) is 0 Å². The third kappa shape index (κ3) is 4.60. The van der Waals surface area contributed by atoms with E-state index < -0.39 is 15.9 Å². The number of benzene rings is 2. The van der Waals surface area contributed by atoms with Gasteiger partial charge in [-0.25, -0.2) is 8.42 Å². The zero-order chi connectivity index (χ0) is 20.3. The lowest BCUT2D eigenvalue weighted by atomic mass is 10.0. The van der Waals surface area contributed by atoms with Crippen LogP contribution in [-0.2, 0) is 16.6 Å². The molecule has 0 radical (unpaired) electrons. The van der Waals surface area contributed by atoms with E-state index in [0.717, 1.165) is 6.54 Å². The Balaban J connectivity index is 1.63. The predicted octanol–water partition coefficient (Wildman–Crippen LogP) is 2.42. The van der Waals surface area contributed by atoms with Crippen molar-refractivity contribution in [1.82, 2.24) is 9.21 Å². The minimum Gasteiger partial charge on any atom is -0.366 e. The summed E-state index contributed by atoms with van der Waals surface area (Å²) >= 11 is 0. The first-order chi connectivity index (χ1) is 13.3. The van der Waals surface area contributed by atoms with Crippen molar-refractivity contribution in [3.8, 4) is 0 Å². The molecule has 0 aromatic heterocycles. The van der Waals surface area contributed by atoms with Crippen LogP contribution in [0.5, 0.6) is 0 Å². The number of primary amides is 1. The maximum atomic E-state index is 12.9. The lowest BCUT2D eigenvalue weighted by Crippen LogP contribution is -2.48. The molecular formula is C21H27N3O3S. The van der Waals surface area contributed by atoms with Gasteiger partial charge in [-0.2, -0.15) is 4.31 Å². The molecule has 1 aliphatic heterocycles. The third-order valence-electron chi connectivity index (χ3n) is 5.14. The Hall–Kier alpha value is -2.22. The Morgan fingerprint density at radius 3 is 2.25 bits per heavy atom. The summed E-state index contributed by atoms with van der Waals surface area (Å²) in [5.41, 5.74) is 8.02. The lowest BCUT2D eigenvalue weighted by molar-refractivity contribution is 0.1000. The summed E-state index contributed by atoms with van der Waals surface area (Å²) < 4.78 is 27.2. The second-order valence-corrected chi connectivity index (χ2v) is 9.41. The maximum absolute atomic E-state index is 12.9. The Kier molecular flexibility index (Phi) is 6.17. The van der Waals surface area contributed by atoms with E-state index in [-0.39, 0.29) is 10.5 Å². The summed E-state index contributed by atoms with van der Waals surface area (Å²) in [7, 11) is -3.63. The minimum atomic E-state index is -3.63. The fourth-order valence-corrected chi connectivity index (χ4v) is 4.82. The van der Waals surface area contributed by atoms with Crippen molar-refractivity contribution in [2.45, 2.75) is 31.2 Å². The molecule has 2 N–H and O–H groups in total. The summed E-state index contributed by atoms with van der Waals surface area (Å²) in [6.45, 7) is 7.34. The molecule has 1 heterocycles. The summed E-state index contributed by atoms with van der Waals surface area (Å²) in [6, 6.07) is 14.5. The number of nitrogens with two attached hydrogens (primary N) is 1. The summed E-state index contributed by atoms with van der Waals surface area (Å²) in [6.07, 6.45) is 0. The van der Waals surface area contributed by atoms with Crippen molar-refractivity contribution in [1.29, 1.82) is 0 Å². The number of piperazine rings is 1. The third-order valence-corrected chi connectivity index (χ3v) is 7.03. The highest BCUT2D eigenvalue weighted by molar-refractivity contribution is 7.89. The topological polar surface area (TPSA) is 83.7 Å². The molecule has 0 atom stereocenters. The lowest BCUT2D eigenvalue weighted by Gasteiger charge is -2.34. The highest BCUT2D eigenvalue weighted by atomic mass is 32.2. The van der Waals surface area contributed by atoms with Gasteiger partial charge in [-0.15, -0.1) is 0 Å².